The van der Waals surface area contributed by atoms with E-state index in [1.54, 1.807) is 36.4 Å². The monoisotopic (exact) mass is 1030 g/mol. The Bertz CT molecular complexity index is 3010. The Hall–Kier alpha value is -5.58. The third kappa shape index (κ3) is 11.9. The molecule has 0 saturated heterocycles. The summed E-state index contributed by atoms with van der Waals surface area (Å²) < 4.78 is 102. The molecule has 2 atom stereocenters. The number of ketones is 2. The number of hydrogen-bond acceptors (Lipinski definition) is 14. The highest BCUT2D eigenvalue weighted by atomic mass is 32.2. The van der Waals surface area contributed by atoms with E-state index >= 15 is 0 Å². The van der Waals surface area contributed by atoms with Gasteiger partial charge < -0.3 is 9.47 Å². The molecular formula is C50H48F2N2O12S4. The number of fused-ring (bicyclic) bond motifs is 3. The fourth-order valence-electron chi connectivity index (χ4n) is 8.82. The molecule has 2 N–H and O–H groups in total. The molecule has 0 bridgehead atoms. The lowest BCUT2D eigenvalue weighted by Gasteiger charge is -2.34. The van der Waals surface area contributed by atoms with Crippen LogP contribution in [0.5, 0.6) is 10.1 Å². The first-order valence-electron chi connectivity index (χ1n) is 22.4. The Balaban J connectivity index is 0.000000144. The number of rotatable bonds is 12. The average Bonchev–Trinajstić information content (AvgIpc) is 4.25. The maximum Gasteiger partial charge on any atom is 0.308 e. The van der Waals surface area contributed by atoms with Gasteiger partial charge >= 0.3 is 11.9 Å². The molecule has 14 nitrogen and oxygen atoms in total. The van der Waals surface area contributed by atoms with Crippen LogP contribution in [0.25, 0.3) is 10.8 Å². The van der Waals surface area contributed by atoms with Gasteiger partial charge in [-0.05, 0) is 86.1 Å². The first-order chi connectivity index (χ1) is 33.3. The zero-order valence-corrected chi connectivity index (χ0v) is 41.1. The number of ether oxygens (including phenoxy) is 2. The van der Waals surface area contributed by atoms with Crippen molar-refractivity contribution in [3.8, 4) is 10.1 Å². The third-order valence-electron chi connectivity index (χ3n) is 12.3. The van der Waals surface area contributed by atoms with Gasteiger partial charge in [0.25, 0.3) is 20.2 Å². The van der Waals surface area contributed by atoms with Crippen molar-refractivity contribution in [3.63, 3.8) is 0 Å². The smallest absolute Gasteiger partial charge is 0.308 e. The van der Waals surface area contributed by atoms with Crippen LogP contribution in [-0.4, -0.2) is 72.3 Å². The normalized spacial score (nSPS) is 16.8. The Morgan fingerprint density at radius 1 is 0.586 bits per heavy atom. The lowest BCUT2D eigenvalue weighted by molar-refractivity contribution is -0.132. The van der Waals surface area contributed by atoms with Crippen LogP contribution in [0.4, 0.5) is 8.78 Å². The molecule has 0 radical (unpaired) electrons. The van der Waals surface area contributed by atoms with Gasteiger partial charge in [-0.3, -0.25) is 38.1 Å². The first kappa shape index (κ1) is 50.8. The minimum Gasteiger partial charge on any atom is -0.416 e. The van der Waals surface area contributed by atoms with Crippen molar-refractivity contribution in [2.75, 3.05) is 13.1 Å². The molecule has 2 aliphatic heterocycles. The number of benzene rings is 4. The minimum absolute atomic E-state index is 0.0233. The largest absolute Gasteiger partial charge is 0.416 e. The number of Topliss-reactive ketones (excluding diaryl/α,β-unsaturated/α-hetero) is 2. The molecule has 2 unspecified atom stereocenters. The number of thiophene rings is 2. The molecular weight excluding hydrogens is 987 g/mol. The van der Waals surface area contributed by atoms with Crippen LogP contribution in [0.3, 0.4) is 0 Å². The Morgan fingerprint density at radius 2 is 0.957 bits per heavy atom. The summed E-state index contributed by atoms with van der Waals surface area (Å²) >= 11 is 2.95. The van der Waals surface area contributed by atoms with Crippen molar-refractivity contribution in [1.29, 1.82) is 0 Å². The summed E-state index contributed by atoms with van der Waals surface area (Å²) in [5.41, 5.74) is 3.04. The second-order valence-corrected chi connectivity index (χ2v) is 22.4. The summed E-state index contributed by atoms with van der Waals surface area (Å²) in [6.45, 7) is 5.26. The van der Waals surface area contributed by atoms with E-state index in [-0.39, 0.29) is 57.7 Å². The van der Waals surface area contributed by atoms with Gasteiger partial charge in [0, 0.05) is 83.5 Å². The van der Waals surface area contributed by atoms with Crippen LogP contribution < -0.4 is 9.47 Å². The molecule has 0 amide bonds. The van der Waals surface area contributed by atoms with Gasteiger partial charge in [0.1, 0.15) is 21.4 Å². The molecule has 20 heteroatoms. The summed E-state index contributed by atoms with van der Waals surface area (Å²) in [4.78, 5) is 53.9. The highest BCUT2D eigenvalue weighted by Gasteiger charge is 2.42. The van der Waals surface area contributed by atoms with E-state index in [0.717, 1.165) is 61.8 Å². The van der Waals surface area contributed by atoms with E-state index in [1.165, 1.54) is 82.7 Å². The molecule has 4 aromatic carbocycles. The van der Waals surface area contributed by atoms with Gasteiger partial charge in [-0.25, -0.2) is 8.78 Å². The third-order valence-corrected chi connectivity index (χ3v) is 16.3. The van der Waals surface area contributed by atoms with Crippen molar-refractivity contribution >= 4 is 77.2 Å². The minimum atomic E-state index is -4.47. The number of halogens is 2. The van der Waals surface area contributed by atoms with Gasteiger partial charge in [0.2, 0.25) is 0 Å². The summed E-state index contributed by atoms with van der Waals surface area (Å²) in [5, 5.41) is 1.21. The maximum absolute atomic E-state index is 14.4. The lowest BCUT2D eigenvalue weighted by Crippen LogP contribution is -2.38. The molecule has 4 heterocycles. The van der Waals surface area contributed by atoms with E-state index in [0.29, 0.717) is 47.4 Å². The van der Waals surface area contributed by atoms with Crippen LogP contribution in [0.15, 0.2) is 107 Å². The van der Waals surface area contributed by atoms with Crippen LogP contribution >= 0.6 is 22.7 Å². The summed E-state index contributed by atoms with van der Waals surface area (Å²) in [6.07, 6.45) is 5.14. The van der Waals surface area contributed by atoms with Gasteiger partial charge in [-0.1, -0.05) is 60.7 Å². The Labute approximate surface area is 411 Å². The summed E-state index contributed by atoms with van der Waals surface area (Å²) in [7, 11) is -8.94. The number of nitrogens with zero attached hydrogens (tertiary/aromatic N) is 2. The van der Waals surface area contributed by atoms with Crippen LogP contribution in [-0.2, 0) is 65.3 Å². The fraction of sp³-hybridized carbons (Fsp3) is 0.320. The molecule has 2 aromatic heterocycles. The zero-order valence-electron chi connectivity index (χ0n) is 37.9. The molecule has 2 aliphatic carbocycles. The number of carbonyl (C=O) groups is 4. The zero-order chi connectivity index (χ0) is 50.1. The van der Waals surface area contributed by atoms with Crippen molar-refractivity contribution in [3.05, 3.63) is 141 Å². The van der Waals surface area contributed by atoms with Crippen molar-refractivity contribution in [1.82, 2.24) is 9.80 Å². The van der Waals surface area contributed by atoms with E-state index in [9.17, 15) is 44.8 Å². The van der Waals surface area contributed by atoms with Gasteiger partial charge in [-0.2, -0.15) is 16.8 Å². The van der Waals surface area contributed by atoms with Gasteiger partial charge in [0.15, 0.2) is 21.7 Å². The van der Waals surface area contributed by atoms with Crippen LogP contribution in [0.1, 0.15) is 83.6 Å². The predicted octanol–water partition coefficient (Wildman–Crippen LogP) is 9.12. The summed E-state index contributed by atoms with van der Waals surface area (Å²) in [5.74, 6) is -0.989. The Morgan fingerprint density at radius 3 is 1.29 bits per heavy atom. The van der Waals surface area contributed by atoms with Crippen LogP contribution in [0, 0.1) is 23.5 Å². The molecule has 2 fully saturated rings. The predicted molar refractivity (Wildman–Crippen MR) is 257 cm³/mol. The SMILES string of the molecule is CC(=O)Oc1cc2c(s1)CCN(C(C(=O)C1CC1)c1ccccc1F)C2.CC(=O)Oc1cc2c(s1)CCN(C(C(=O)C1CC1)c1ccccc1F)C2.O=S(=O)(O)c1cccc2c(S(=O)(=O)O)cccc12. The number of carbonyl (C=O) groups excluding carboxylic acids is 4. The molecule has 0 spiro atoms. The molecule has 368 valence electrons. The van der Waals surface area contributed by atoms with Crippen molar-refractivity contribution < 1.29 is 63.4 Å². The van der Waals surface area contributed by atoms with Crippen molar-refractivity contribution in [2.45, 2.75) is 87.3 Å². The number of hydrogen-bond donors (Lipinski definition) is 2. The topological polar surface area (TPSA) is 202 Å². The van der Waals surface area contributed by atoms with Gasteiger partial charge in [0.05, 0.1) is 12.1 Å². The van der Waals surface area contributed by atoms with Gasteiger partial charge in [-0.15, -0.1) is 22.7 Å². The average molecular weight is 1040 g/mol. The first-order valence-corrected chi connectivity index (χ1v) is 26.9. The standard InChI is InChI=1S/2C20H20FNO3S.C10H8O6S2/c2*1-12(23)25-18-10-14-11-22(9-8-17(14)26-18)19(20(24)13-6-7-13)15-4-2-3-5-16(15)21;11-17(12,13)9-5-1-3-7-8(9)4-2-6-10(7)18(14,15)16/h2*2-5,10,13,19H,6-9,11H2,1H3;1-6H,(H,11,12,13)(H,14,15,16). The van der Waals surface area contributed by atoms with E-state index < -0.39 is 42.1 Å². The second kappa shape index (κ2) is 21.0. The van der Waals surface area contributed by atoms with Crippen LogP contribution in [0.2, 0.25) is 0 Å². The quantitative estimate of drug-likeness (QED) is 0.0868. The summed E-state index contributed by atoms with van der Waals surface area (Å²) in [6, 6.07) is 23.3. The maximum atomic E-state index is 14.4. The molecule has 2 saturated carbocycles. The van der Waals surface area contributed by atoms with E-state index in [2.05, 4.69) is 9.80 Å². The molecule has 4 aliphatic rings. The van der Waals surface area contributed by atoms with Crippen molar-refractivity contribution in [2.24, 2.45) is 11.8 Å². The highest BCUT2D eigenvalue weighted by molar-refractivity contribution is 7.86. The fourth-order valence-corrected chi connectivity index (χ4v) is 12.3. The molecule has 70 heavy (non-hydrogen) atoms. The lowest BCUT2D eigenvalue weighted by atomic mass is 9.95. The molecule has 6 aromatic rings. The Kier molecular flexibility index (Phi) is 15.3. The highest BCUT2D eigenvalue weighted by Crippen LogP contribution is 2.43. The van der Waals surface area contributed by atoms with E-state index in [1.807, 2.05) is 12.1 Å². The molecule has 10 rings (SSSR count). The second-order valence-electron chi connectivity index (χ2n) is 17.4. The number of esters is 2. The van der Waals surface area contributed by atoms with E-state index in [4.69, 9.17) is 18.6 Å².